The average Bonchev–Trinajstić information content (AvgIpc) is 2.81. The molecule has 176 valence electrons. The van der Waals surface area contributed by atoms with Crippen molar-refractivity contribution in [1.82, 2.24) is 10.3 Å². The van der Waals surface area contributed by atoms with E-state index >= 15 is 0 Å². The van der Waals surface area contributed by atoms with Crippen LogP contribution in [-0.2, 0) is 15.7 Å². The minimum absolute atomic E-state index is 0.198. The topological polar surface area (TPSA) is 86.8 Å². The number of aromatic nitrogens is 1. The van der Waals surface area contributed by atoms with Gasteiger partial charge in [0.05, 0.1) is 30.7 Å². The zero-order valence-corrected chi connectivity index (χ0v) is 17.8. The molecule has 3 heterocycles. The Bertz CT molecular complexity index is 976. The van der Waals surface area contributed by atoms with Crippen LogP contribution in [-0.4, -0.2) is 55.8 Å². The lowest BCUT2D eigenvalue weighted by molar-refractivity contribution is -0.137. The Labute approximate surface area is 188 Å². The molecule has 2 aromatic rings. The van der Waals surface area contributed by atoms with Gasteiger partial charge >= 0.3 is 12.2 Å². The lowest BCUT2D eigenvalue weighted by Gasteiger charge is -2.33. The average molecular weight is 463 g/mol. The molecule has 0 spiro atoms. The third-order valence-electron chi connectivity index (χ3n) is 5.59. The van der Waals surface area contributed by atoms with Crippen molar-refractivity contribution in [3.63, 3.8) is 0 Å². The standard InChI is InChI=1S/C22H24F3N5O3/c23-22(24,25)15-3-5-16(6-4-15)27-21(32)28-18-2-1-9-30(20(18)31)17-7-8-19(26-14-17)29-10-12-33-13-11-29/h3-8,14,18H,1-2,9-13H2,(H2,27,28,32)/t18-/m1/s1. The van der Waals surface area contributed by atoms with E-state index in [9.17, 15) is 22.8 Å². The number of carbonyl (C=O) groups excluding carboxylic acids is 2. The van der Waals surface area contributed by atoms with Gasteiger partial charge in [0.25, 0.3) is 0 Å². The first-order valence-corrected chi connectivity index (χ1v) is 10.7. The van der Waals surface area contributed by atoms with Gasteiger partial charge in [0, 0.05) is 25.3 Å². The summed E-state index contributed by atoms with van der Waals surface area (Å²) in [5, 5.41) is 5.09. The van der Waals surface area contributed by atoms with Gasteiger partial charge in [0.1, 0.15) is 11.9 Å². The Kier molecular flexibility index (Phi) is 6.68. The maximum atomic E-state index is 13.0. The number of anilines is 3. The molecule has 2 saturated heterocycles. The molecular formula is C22H24F3N5O3. The molecule has 0 aliphatic carbocycles. The molecular weight excluding hydrogens is 439 g/mol. The molecule has 1 aromatic heterocycles. The fourth-order valence-corrected chi connectivity index (χ4v) is 3.85. The number of amides is 3. The number of pyridine rings is 1. The van der Waals surface area contributed by atoms with Crippen LogP contribution in [0.5, 0.6) is 0 Å². The number of ether oxygens (including phenoxy) is 1. The van der Waals surface area contributed by atoms with Gasteiger partial charge in [-0.15, -0.1) is 0 Å². The summed E-state index contributed by atoms with van der Waals surface area (Å²) in [6, 6.07) is 6.40. The molecule has 0 bridgehead atoms. The molecule has 0 radical (unpaired) electrons. The van der Waals surface area contributed by atoms with Crippen LogP contribution >= 0.6 is 0 Å². The predicted octanol–water partition coefficient (Wildman–Crippen LogP) is 3.25. The number of carbonyl (C=O) groups is 2. The second-order valence-corrected chi connectivity index (χ2v) is 7.83. The predicted molar refractivity (Wildman–Crippen MR) is 116 cm³/mol. The van der Waals surface area contributed by atoms with Crippen LogP contribution in [0.15, 0.2) is 42.6 Å². The van der Waals surface area contributed by atoms with E-state index in [1.165, 1.54) is 12.1 Å². The summed E-state index contributed by atoms with van der Waals surface area (Å²) < 4.78 is 43.4. The molecule has 0 saturated carbocycles. The Morgan fingerprint density at radius 3 is 2.42 bits per heavy atom. The van der Waals surface area contributed by atoms with Gasteiger partial charge in [-0.05, 0) is 49.2 Å². The molecule has 33 heavy (non-hydrogen) atoms. The van der Waals surface area contributed by atoms with Crippen molar-refractivity contribution in [2.24, 2.45) is 0 Å². The van der Waals surface area contributed by atoms with E-state index in [4.69, 9.17) is 4.74 Å². The van der Waals surface area contributed by atoms with Gasteiger partial charge in [-0.2, -0.15) is 13.2 Å². The van der Waals surface area contributed by atoms with Crippen molar-refractivity contribution in [3.05, 3.63) is 48.2 Å². The van der Waals surface area contributed by atoms with Crippen LogP contribution in [0.2, 0.25) is 0 Å². The number of nitrogens with one attached hydrogen (secondary N) is 2. The molecule has 2 aliphatic heterocycles. The van der Waals surface area contributed by atoms with E-state index in [0.29, 0.717) is 38.3 Å². The number of urea groups is 1. The Balaban J connectivity index is 1.35. The highest BCUT2D eigenvalue weighted by molar-refractivity contribution is 6.01. The van der Waals surface area contributed by atoms with E-state index in [2.05, 4.69) is 20.5 Å². The first-order chi connectivity index (χ1) is 15.8. The smallest absolute Gasteiger partial charge is 0.378 e. The number of morpholine rings is 1. The molecule has 1 atom stereocenters. The minimum Gasteiger partial charge on any atom is -0.378 e. The van der Waals surface area contributed by atoms with Crippen LogP contribution in [0.3, 0.4) is 0 Å². The van der Waals surface area contributed by atoms with Gasteiger partial charge in [-0.25, -0.2) is 9.78 Å². The maximum absolute atomic E-state index is 13.0. The molecule has 2 aliphatic rings. The van der Waals surface area contributed by atoms with E-state index in [0.717, 1.165) is 31.0 Å². The quantitative estimate of drug-likeness (QED) is 0.727. The van der Waals surface area contributed by atoms with Crippen molar-refractivity contribution in [3.8, 4) is 0 Å². The summed E-state index contributed by atoms with van der Waals surface area (Å²) in [7, 11) is 0. The monoisotopic (exact) mass is 463 g/mol. The van der Waals surface area contributed by atoms with Crippen LogP contribution in [0, 0.1) is 0 Å². The Morgan fingerprint density at radius 2 is 1.79 bits per heavy atom. The summed E-state index contributed by atoms with van der Waals surface area (Å²) in [6.45, 7) is 3.33. The highest BCUT2D eigenvalue weighted by atomic mass is 19.4. The highest BCUT2D eigenvalue weighted by Crippen LogP contribution is 2.30. The van der Waals surface area contributed by atoms with E-state index in [-0.39, 0.29) is 11.6 Å². The second kappa shape index (κ2) is 9.65. The summed E-state index contributed by atoms with van der Waals surface area (Å²) in [4.78, 5) is 33.5. The summed E-state index contributed by atoms with van der Waals surface area (Å²) in [6.07, 6.45) is -1.65. The van der Waals surface area contributed by atoms with Crippen molar-refractivity contribution in [1.29, 1.82) is 0 Å². The zero-order valence-electron chi connectivity index (χ0n) is 17.8. The number of nitrogens with zero attached hydrogens (tertiary/aromatic N) is 3. The molecule has 0 unspecified atom stereocenters. The number of hydrogen-bond acceptors (Lipinski definition) is 5. The SMILES string of the molecule is O=C(Nc1ccc(C(F)(F)F)cc1)N[C@@H]1CCCN(c2ccc(N3CCOCC3)nc2)C1=O. The summed E-state index contributed by atoms with van der Waals surface area (Å²) in [5.41, 5.74) is 0.0370. The minimum atomic E-state index is -4.45. The molecule has 2 N–H and O–H groups in total. The number of alkyl halides is 3. The number of rotatable bonds is 4. The third kappa shape index (κ3) is 5.54. The zero-order chi connectivity index (χ0) is 23.4. The maximum Gasteiger partial charge on any atom is 0.416 e. The summed E-state index contributed by atoms with van der Waals surface area (Å²) >= 11 is 0. The number of piperidine rings is 1. The molecule has 11 heteroatoms. The lowest BCUT2D eigenvalue weighted by atomic mass is 10.0. The van der Waals surface area contributed by atoms with Gasteiger partial charge < -0.3 is 25.2 Å². The van der Waals surface area contributed by atoms with Crippen LogP contribution in [0.25, 0.3) is 0 Å². The van der Waals surface area contributed by atoms with Gasteiger partial charge in [0.2, 0.25) is 5.91 Å². The number of benzene rings is 1. The highest BCUT2D eigenvalue weighted by Gasteiger charge is 2.32. The van der Waals surface area contributed by atoms with Crippen molar-refractivity contribution >= 4 is 29.1 Å². The fraction of sp³-hybridized carbons (Fsp3) is 0.409. The molecule has 3 amide bonds. The normalized spacial score (nSPS) is 19.4. The van der Waals surface area contributed by atoms with E-state index in [1.807, 2.05) is 12.1 Å². The largest absolute Gasteiger partial charge is 0.416 e. The van der Waals surface area contributed by atoms with Crippen molar-refractivity contribution in [2.45, 2.75) is 25.1 Å². The number of halogens is 3. The summed E-state index contributed by atoms with van der Waals surface area (Å²) in [5.74, 6) is 0.557. The van der Waals surface area contributed by atoms with Gasteiger partial charge in [-0.3, -0.25) is 4.79 Å². The molecule has 2 fully saturated rings. The molecule has 4 rings (SSSR count). The van der Waals surface area contributed by atoms with E-state index < -0.39 is 23.8 Å². The van der Waals surface area contributed by atoms with Crippen LogP contribution in [0.4, 0.5) is 35.2 Å². The van der Waals surface area contributed by atoms with Crippen molar-refractivity contribution in [2.75, 3.05) is 48.0 Å². The first-order valence-electron chi connectivity index (χ1n) is 10.7. The molecule has 8 nitrogen and oxygen atoms in total. The Hall–Kier alpha value is -3.34. The van der Waals surface area contributed by atoms with Crippen LogP contribution < -0.4 is 20.4 Å². The van der Waals surface area contributed by atoms with Crippen molar-refractivity contribution < 1.29 is 27.5 Å². The van der Waals surface area contributed by atoms with Gasteiger partial charge in [0.15, 0.2) is 0 Å². The Morgan fingerprint density at radius 1 is 1.06 bits per heavy atom. The van der Waals surface area contributed by atoms with Crippen LogP contribution in [0.1, 0.15) is 18.4 Å². The second-order valence-electron chi connectivity index (χ2n) is 7.83. The number of hydrogen-bond donors (Lipinski definition) is 2. The lowest BCUT2D eigenvalue weighted by Crippen LogP contribution is -2.53. The molecule has 1 aromatic carbocycles. The first kappa shape index (κ1) is 22.8. The van der Waals surface area contributed by atoms with Gasteiger partial charge in [-0.1, -0.05) is 0 Å². The van der Waals surface area contributed by atoms with E-state index in [1.54, 1.807) is 11.1 Å². The third-order valence-corrected chi connectivity index (χ3v) is 5.59. The fourth-order valence-electron chi connectivity index (χ4n) is 3.85.